The Morgan fingerprint density at radius 2 is 1.96 bits per heavy atom. The molecular weight excluding hydrogens is 372 g/mol. The Morgan fingerprint density at radius 3 is 2.63 bits per heavy atom. The zero-order valence-corrected chi connectivity index (χ0v) is 16.0. The summed E-state index contributed by atoms with van der Waals surface area (Å²) in [5.74, 6) is -0.528. The second-order valence-electron chi connectivity index (χ2n) is 6.21. The minimum atomic E-state index is -3.63. The smallest absolute Gasteiger partial charge is 0.270 e. The quantitative estimate of drug-likeness (QED) is 0.601. The Bertz CT molecular complexity index is 1230. The number of sulfone groups is 1. The minimum Gasteiger partial charge on any atom is -0.346 e. The van der Waals surface area contributed by atoms with E-state index in [9.17, 15) is 18.0 Å². The van der Waals surface area contributed by atoms with Gasteiger partial charge in [0, 0.05) is 42.0 Å². The molecule has 1 amide bonds. The van der Waals surface area contributed by atoms with E-state index >= 15 is 0 Å². The average molecular weight is 390 g/mol. The minimum absolute atomic E-state index is 0.0101. The fourth-order valence-electron chi connectivity index (χ4n) is 2.70. The molecule has 10 nitrogen and oxygen atoms in total. The van der Waals surface area contributed by atoms with Crippen LogP contribution in [-0.2, 0) is 16.4 Å². The summed E-state index contributed by atoms with van der Waals surface area (Å²) in [7, 11) is -3.63. The number of aromatic amines is 1. The number of rotatable bonds is 4. The third-order valence-corrected chi connectivity index (χ3v) is 4.98. The first-order chi connectivity index (χ1) is 12.6. The molecule has 2 N–H and O–H groups in total. The number of aromatic nitrogens is 5. The lowest BCUT2D eigenvalue weighted by Gasteiger charge is -2.13. The fourth-order valence-corrected chi connectivity index (χ4v) is 3.20. The lowest BCUT2D eigenvalue weighted by molar-refractivity contribution is 0.0944. The maximum absolute atomic E-state index is 12.5. The van der Waals surface area contributed by atoms with Crippen molar-refractivity contribution < 1.29 is 13.2 Å². The molecule has 11 heteroatoms. The summed E-state index contributed by atoms with van der Waals surface area (Å²) in [5.41, 5.74) is 2.81. The number of fused-ring (bicyclic) bond motifs is 1. The van der Waals surface area contributed by atoms with E-state index in [2.05, 4.69) is 25.4 Å². The monoisotopic (exact) mass is 390 g/mol. The van der Waals surface area contributed by atoms with Crippen LogP contribution in [-0.4, -0.2) is 45.1 Å². The summed E-state index contributed by atoms with van der Waals surface area (Å²) in [6.45, 7) is 5.34. The molecule has 27 heavy (non-hydrogen) atoms. The van der Waals surface area contributed by atoms with E-state index in [1.807, 2.05) is 0 Å². The van der Waals surface area contributed by atoms with Crippen molar-refractivity contribution in [2.75, 3.05) is 6.26 Å². The van der Waals surface area contributed by atoms with E-state index in [1.54, 1.807) is 25.3 Å². The summed E-state index contributed by atoms with van der Waals surface area (Å²) >= 11 is 0. The lowest BCUT2D eigenvalue weighted by Crippen LogP contribution is -2.27. The number of amides is 1. The Balaban J connectivity index is 1.91. The van der Waals surface area contributed by atoms with Crippen LogP contribution in [0.15, 0.2) is 22.2 Å². The molecule has 0 radical (unpaired) electrons. The van der Waals surface area contributed by atoms with E-state index in [4.69, 9.17) is 0 Å². The zero-order valence-electron chi connectivity index (χ0n) is 15.2. The molecule has 3 rings (SSSR count). The van der Waals surface area contributed by atoms with Crippen LogP contribution in [0.3, 0.4) is 0 Å². The van der Waals surface area contributed by atoms with Crippen LogP contribution in [0.4, 0.5) is 0 Å². The highest BCUT2D eigenvalue weighted by molar-refractivity contribution is 7.90. The molecule has 0 saturated carbocycles. The fraction of sp³-hybridized carbons (Fsp3) is 0.312. The van der Waals surface area contributed by atoms with Crippen LogP contribution < -0.4 is 10.9 Å². The van der Waals surface area contributed by atoms with Gasteiger partial charge in [-0.3, -0.25) is 14.7 Å². The van der Waals surface area contributed by atoms with Crippen LogP contribution in [0.2, 0.25) is 0 Å². The zero-order chi connectivity index (χ0) is 19.9. The number of carbonyl (C=O) groups excluding carboxylic acids is 1. The first kappa shape index (κ1) is 18.7. The van der Waals surface area contributed by atoms with Crippen LogP contribution in [0.25, 0.3) is 5.65 Å². The van der Waals surface area contributed by atoms with Crippen LogP contribution >= 0.6 is 0 Å². The summed E-state index contributed by atoms with van der Waals surface area (Å²) < 4.78 is 24.8. The Labute approximate surface area is 154 Å². The molecule has 3 heterocycles. The molecule has 0 spiro atoms. The van der Waals surface area contributed by atoms with Crippen LogP contribution in [0.1, 0.15) is 33.0 Å². The van der Waals surface area contributed by atoms with Gasteiger partial charge in [-0.2, -0.15) is 0 Å². The van der Waals surface area contributed by atoms with Gasteiger partial charge in [-0.1, -0.05) is 0 Å². The van der Waals surface area contributed by atoms with Crippen molar-refractivity contribution in [2.24, 2.45) is 0 Å². The number of nitrogens with zero attached hydrogens (tertiary/aromatic N) is 4. The van der Waals surface area contributed by atoms with Crippen molar-refractivity contribution >= 4 is 21.4 Å². The van der Waals surface area contributed by atoms with Crippen LogP contribution in [0.5, 0.6) is 0 Å². The van der Waals surface area contributed by atoms with Gasteiger partial charge < -0.3 is 5.32 Å². The molecule has 3 aromatic heterocycles. The first-order valence-corrected chi connectivity index (χ1v) is 9.87. The van der Waals surface area contributed by atoms with Crippen molar-refractivity contribution in [3.63, 3.8) is 0 Å². The van der Waals surface area contributed by atoms with Gasteiger partial charge in [0.1, 0.15) is 5.69 Å². The molecule has 0 aliphatic carbocycles. The second-order valence-corrected chi connectivity index (χ2v) is 8.12. The number of H-pyrrole nitrogens is 1. The maximum atomic E-state index is 12.5. The van der Waals surface area contributed by atoms with Gasteiger partial charge in [0.2, 0.25) is 15.0 Å². The van der Waals surface area contributed by atoms with E-state index in [1.165, 1.54) is 12.3 Å². The van der Waals surface area contributed by atoms with Gasteiger partial charge in [0.05, 0.1) is 0 Å². The van der Waals surface area contributed by atoms with E-state index < -0.39 is 20.9 Å². The van der Waals surface area contributed by atoms with Crippen molar-refractivity contribution in [3.8, 4) is 0 Å². The largest absolute Gasteiger partial charge is 0.346 e. The van der Waals surface area contributed by atoms with Gasteiger partial charge >= 0.3 is 0 Å². The number of nitrogens with one attached hydrogen (secondary N) is 2. The topological polar surface area (TPSA) is 139 Å². The normalized spacial score (nSPS) is 11.7. The van der Waals surface area contributed by atoms with Gasteiger partial charge in [-0.25, -0.2) is 27.9 Å². The van der Waals surface area contributed by atoms with Crippen molar-refractivity contribution in [3.05, 3.63) is 50.8 Å². The number of aryl methyl sites for hydroxylation is 3. The van der Waals surface area contributed by atoms with Crippen molar-refractivity contribution in [2.45, 2.75) is 32.5 Å². The molecule has 0 bridgehead atoms. The molecule has 0 fully saturated rings. The van der Waals surface area contributed by atoms with Crippen LogP contribution in [0, 0.1) is 20.8 Å². The maximum Gasteiger partial charge on any atom is 0.270 e. The van der Waals surface area contributed by atoms with E-state index in [-0.39, 0.29) is 17.8 Å². The predicted molar refractivity (Wildman–Crippen MR) is 96.3 cm³/mol. The first-order valence-electron chi connectivity index (χ1n) is 7.97. The molecule has 142 valence electrons. The van der Waals surface area contributed by atoms with Gasteiger partial charge in [0.15, 0.2) is 5.65 Å². The molecule has 0 unspecified atom stereocenters. The summed E-state index contributed by atoms with van der Waals surface area (Å²) in [6, 6.07) is 1.39. The summed E-state index contributed by atoms with van der Waals surface area (Å²) in [4.78, 5) is 36.0. The molecule has 3 aromatic rings. The Hall–Kier alpha value is -3.08. The number of carbonyl (C=O) groups is 1. The lowest BCUT2D eigenvalue weighted by atomic mass is 10.1. The molecule has 0 aromatic carbocycles. The predicted octanol–water partition coefficient (Wildman–Crippen LogP) is 0.0714. The van der Waals surface area contributed by atoms with E-state index in [0.29, 0.717) is 16.9 Å². The molecule has 0 saturated heterocycles. The van der Waals surface area contributed by atoms with E-state index in [0.717, 1.165) is 17.5 Å². The average Bonchev–Trinajstić information content (AvgIpc) is 2.94. The molecule has 0 aliphatic heterocycles. The Morgan fingerprint density at radius 1 is 1.26 bits per heavy atom. The number of hydrogen-bond acceptors (Lipinski definition) is 7. The molecule has 0 atom stereocenters. The highest BCUT2D eigenvalue weighted by atomic mass is 32.2. The Kier molecular flexibility index (Phi) is 4.56. The summed E-state index contributed by atoms with van der Waals surface area (Å²) in [6.07, 6.45) is 2.28. The highest BCUT2D eigenvalue weighted by Crippen LogP contribution is 2.14. The van der Waals surface area contributed by atoms with Crippen molar-refractivity contribution in [1.29, 1.82) is 0 Å². The second kappa shape index (κ2) is 6.58. The third-order valence-electron chi connectivity index (χ3n) is 4.12. The van der Waals surface area contributed by atoms with Gasteiger partial charge in [-0.05, 0) is 26.3 Å². The van der Waals surface area contributed by atoms with Gasteiger partial charge in [0.25, 0.3) is 11.5 Å². The summed E-state index contributed by atoms with van der Waals surface area (Å²) in [5, 5.41) is 4.96. The molecular formula is C16H18N6O4S. The van der Waals surface area contributed by atoms with Crippen molar-refractivity contribution in [1.82, 2.24) is 29.9 Å². The molecule has 0 aliphatic rings. The SMILES string of the molecule is Cc1cnc(S(C)(=O)=O)nc1C(=O)NCc1c(C)nc2cc(=O)[nH]n2c1C. The van der Waals surface area contributed by atoms with Gasteiger partial charge in [-0.15, -0.1) is 0 Å². The standard InChI is InChI=1S/C16H18N6O4S/c1-8-6-18-16(27(4,25)26)20-14(8)15(24)17-7-11-9(2)19-12-5-13(23)21-22(12)10(11)3/h5-6H,7H2,1-4H3,(H,17,24)(H,21,23). The highest BCUT2D eigenvalue weighted by Gasteiger charge is 2.19. The third kappa shape index (κ3) is 3.58. The number of hydrogen-bond donors (Lipinski definition) is 2.